The number of amides is 1. The zero-order chi connectivity index (χ0) is 19.7. The van der Waals surface area contributed by atoms with E-state index >= 15 is 0 Å². The maximum atomic E-state index is 12.7. The van der Waals surface area contributed by atoms with Crippen LogP contribution in [0.25, 0.3) is 21.9 Å². The fourth-order valence-corrected chi connectivity index (χ4v) is 3.35. The standard InChI is InChI=1S/C20H17ClN4O3/c1-28-16-7-6-12(10-14(16)21)23-17(26)8-9-25-11-22-18-13-4-2-3-5-15(13)24-19(18)20(25)27/h2-7,10-11,24H,8-9H2,1H3,(H,23,26). The van der Waals surface area contributed by atoms with Gasteiger partial charge in [-0.05, 0) is 24.3 Å². The highest BCUT2D eigenvalue weighted by atomic mass is 35.5. The smallest absolute Gasteiger partial charge is 0.277 e. The Morgan fingerprint density at radius 1 is 1.29 bits per heavy atom. The lowest BCUT2D eigenvalue weighted by Gasteiger charge is -2.09. The van der Waals surface area contributed by atoms with Crippen molar-refractivity contribution in [1.29, 1.82) is 0 Å². The third-order valence-corrected chi connectivity index (χ3v) is 4.79. The van der Waals surface area contributed by atoms with E-state index in [2.05, 4.69) is 15.3 Å². The number of aromatic amines is 1. The summed E-state index contributed by atoms with van der Waals surface area (Å²) in [5, 5.41) is 4.07. The molecule has 0 unspecified atom stereocenters. The van der Waals surface area contributed by atoms with Gasteiger partial charge in [0.15, 0.2) is 0 Å². The molecule has 7 nitrogen and oxygen atoms in total. The highest BCUT2D eigenvalue weighted by molar-refractivity contribution is 6.32. The molecule has 0 atom stereocenters. The molecule has 1 amide bonds. The van der Waals surface area contributed by atoms with Gasteiger partial charge < -0.3 is 15.0 Å². The van der Waals surface area contributed by atoms with Crippen LogP contribution in [0.4, 0.5) is 5.69 Å². The molecular formula is C20H17ClN4O3. The van der Waals surface area contributed by atoms with Gasteiger partial charge in [0.2, 0.25) is 5.91 Å². The van der Waals surface area contributed by atoms with Crippen molar-refractivity contribution in [2.24, 2.45) is 0 Å². The first-order chi connectivity index (χ1) is 13.6. The van der Waals surface area contributed by atoms with Gasteiger partial charge in [-0.25, -0.2) is 4.98 Å². The predicted molar refractivity (Wildman–Crippen MR) is 109 cm³/mol. The second kappa shape index (κ2) is 7.36. The Labute approximate surface area is 164 Å². The van der Waals surface area contributed by atoms with E-state index in [1.165, 1.54) is 18.0 Å². The van der Waals surface area contributed by atoms with E-state index in [1.807, 2.05) is 24.3 Å². The van der Waals surface area contributed by atoms with Crippen LogP contribution in [0.3, 0.4) is 0 Å². The van der Waals surface area contributed by atoms with E-state index in [0.29, 0.717) is 27.5 Å². The zero-order valence-corrected chi connectivity index (χ0v) is 15.8. The molecule has 8 heteroatoms. The molecule has 0 bridgehead atoms. The normalized spacial score (nSPS) is 11.1. The molecule has 142 valence electrons. The van der Waals surface area contributed by atoms with E-state index in [9.17, 15) is 9.59 Å². The van der Waals surface area contributed by atoms with E-state index in [4.69, 9.17) is 16.3 Å². The SMILES string of the molecule is COc1ccc(NC(=O)CCn2cnc3c([nH]c4ccccc43)c2=O)cc1Cl. The number of anilines is 1. The van der Waals surface area contributed by atoms with Gasteiger partial charge in [0.1, 0.15) is 16.8 Å². The maximum absolute atomic E-state index is 12.7. The largest absolute Gasteiger partial charge is 0.495 e. The van der Waals surface area contributed by atoms with Gasteiger partial charge in [-0.2, -0.15) is 0 Å². The average Bonchev–Trinajstić information content (AvgIpc) is 3.07. The first-order valence-electron chi connectivity index (χ1n) is 8.66. The van der Waals surface area contributed by atoms with Crippen LogP contribution < -0.4 is 15.6 Å². The van der Waals surface area contributed by atoms with Crippen molar-refractivity contribution < 1.29 is 9.53 Å². The number of hydrogen-bond donors (Lipinski definition) is 2. The van der Waals surface area contributed by atoms with Gasteiger partial charge in [-0.3, -0.25) is 14.2 Å². The summed E-state index contributed by atoms with van der Waals surface area (Å²) in [7, 11) is 1.52. The molecule has 2 aromatic carbocycles. The summed E-state index contributed by atoms with van der Waals surface area (Å²) in [6.07, 6.45) is 1.60. The van der Waals surface area contributed by atoms with Crippen LogP contribution in [-0.4, -0.2) is 27.6 Å². The number of H-pyrrole nitrogens is 1. The summed E-state index contributed by atoms with van der Waals surface area (Å²) >= 11 is 6.06. The van der Waals surface area contributed by atoms with Crippen LogP contribution in [0.5, 0.6) is 5.75 Å². The minimum atomic E-state index is -0.232. The molecule has 0 saturated heterocycles. The molecule has 0 aliphatic rings. The van der Waals surface area contributed by atoms with Crippen molar-refractivity contribution in [3.05, 3.63) is 64.2 Å². The molecule has 0 aliphatic heterocycles. The first-order valence-corrected chi connectivity index (χ1v) is 9.04. The molecule has 4 aromatic rings. The van der Waals surface area contributed by atoms with Crippen LogP contribution in [-0.2, 0) is 11.3 Å². The van der Waals surface area contributed by atoms with E-state index in [1.54, 1.807) is 18.2 Å². The minimum Gasteiger partial charge on any atom is -0.495 e. The lowest BCUT2D eigenvalue weighted by molar-refractivity contribution is -0.116. The topological polar surface area (TPSA) is 89.0 Å². The van der Waals surface area contributed by atoms with Crippen molar-refractivity contribution in [2.45, 2.75) is 13.0 Å². The molecular weight excluding hydrogens is 380 g/mol. The van der Waals surface area contributed by atoms with Crippen molar-refractivity contribution in [2.75, 3.05) is 12.4 Å². The molecule has 0 aliphatic carbocycles. The summed E-state index contributed by atoms with van der Waals surface area (Å²) in [5.41, 5.74) is 2.28. The third kappa shape index (κ3) is 3.32. The Bertz CT molecular complexity index is 1250. The summed E-state index contributed by atoms with van der Waals surface area (Å²) in [6, 6.07) is 12.6. The molecule has 0 saturated carbocycles. The molecule has 0 fully saturated rings. The number of hydrogen-bond acceptors (Lipinski definition) is 4. The number of nitrogens with zero attached hydrogens (tertiary/aromatic N) is 2. The lowest BCUT2D eigenvalue weighted by Crippen LogP contribution is -2.23. The van der Waals surface area contributed by atoms with Crippen LogP contribution in [0.15, 0.2) is 53.6 Å². The Morgan fingerprint density at radius 3 is 2.89 bits per heavy atom. The number of benzene rings is 2. The monoisotopic (exact) mass is 396 g/mol. The number of carbonyl (C=O) groups is 1. The average molecular weight is 397 g/mol. The first kappa shape index (κ1) is 18.1. The summed E-state index contributed by atoms with van der Waals surface area (Å²) in [6.45, 7) is 0.215. The molecule has 0 spiro atoms. The molecule has 2 aromatic heterocycles. The number of rotatable bonds is 5. The van der Waals surface area contributed by atoms with Crippen molar-refractivity contribution in [3.63, 3.8) is 0 Å². The fraction of sp³-hybridized carbons (Fsp3) is 0.150. The number of halogens is 1. The fourth-order valence-electron chi connectivity index (χ4n) is 3.09. The van der Waals surface area contributed by atoms with Crippen molar-refractivity contribution in [3.8, 4) is 5.75 Å². The number of aromatic nitrogens is 3. The number of ether oxygens (including phenoxy) is 1. The van der Waals surface area contributed by atoms with Gasteiger partial charge in [0.25, 0.3) is 5.56 Å². The lowest BCUT2D eigenvalue weighted by atomic mass is 10.2. The van der Waals surface area contributed by atoms with Crippen molar-refractivity contribution >= 4 is 45.1 Å². The zero-order valence-electron chi connectivity index (χ0n) is 15.0. The van der Waals surface area contributed by atoms with E-state index < -0.39 is 0 Å². The van der Waals surface area contributed by atoms with Crippen LogP contribution in [0.1, 0.15) is 6.42 Å². The van der Waals surface area contributed by atoms with Crippen LogP contribution >= 0.6 is 11.6 Å². The highest BCUT2D eigenvalue weighted by Gasteiger charge is 2.12. The number of para-hydroxylation sites is 1. The van der Waals surface area contributed by atoms with E-state index in [-0.39, 0.29) is 24.4 Å². The van der Waals surface area contributed by atoms with Gasteiger partial charge in [0, 0.05) is 29.6 Å². The van der Waals surface area contributed by atoms with Crippen LogP contribution in [0, 0.1) is 0 Å². The van der Waals surface area contributed by atoms with Gasteiger partial charge in [0.05, 0.1) is 18.5 Å². The van der Waals surface area contributed by atoms with Gasteiger partial charge >= 0.3 is 0 Å². The summed E-state index contributed by atoms with van der Waals surface area (Å²) < 4.78 is 6.52. The Kier molecular flexibility index (Phi) is 4.75. The molecule has 2 heterocycles. The number of aryl methyl sites for hydroxylation is 1. The van der Waals surface area contributed by atoms with Gasteiger partial charge in [-0.15, -0.1) is 0 Å². The number of nitrogens with one attached hydrogen (secondary N) is 2. The predicted octanol–water partition coefficient (Wildman–Crippen LogP) is 3.57. The summed E-state index contributed by atoms with van der Waals surface area (Å²) in [4.78, 5) is 32.5. The number of methoxy groups -OCH3 is 1. The van der Waals surface area contributed by atoms with Gasteiger partial charge in [-0.1, -0.05) is 29.8 Å². The minimum absolute atomic E-state index is 0.122. The Hall–Kier alpha value is -3.32. The molecule has 0 radical (unpaired) electrons. The second-order valence-corrected chi connectivity index (χ2v) is 6.69. The number of fused-ring (bicyclic) bond motifs is 3. The molecule has 2 N–H and O–H groups in total. The maximum Gasteiger partial charge on any atom is 0.277 e. The molecule has 28 heavy (non-hydrogen) atoms. The quantitative estimate of drug-likeness (QED) is 0.539. The Balaban J connectivity index is 1.50. The summed E-state index contributed by atoms with van der Waals surface area (Å²) in [5.74, 6) is 0.300. The number of carbonyl (C=O) groups excluding carboxylic acids is 1. The second-order valence-electron chi connectivity index (χ2n) is 6.28. The third-order valence-electron chi connectivity index (χ3n) is 4.49. The van der Waals surface area contributed by atoms with Crippen LogP contribution in [0.2, 0.25) is 5.02 Å². The molecule has 4 rings (SSSR count). The van der Waals surface area contributed by atoms with E-state index in [0.717, 1.165) is 10.9 Å². The highest BCUT2D eigenvalue weighted by Crippen LogP contribution is 2.27. The van der Waals surface area contributed by atoms with Crippen molar-refractivity contribution in [1.82, 2.24) is 14.5 Å². The Morgan fingerprint density at radius 2 is 2.11 bits per heavy atom.